The molecule has 0 bridgehead atoms. The molecular weight excluding hydrogens is 433 g/mol. The zero-order chi connectivity index (χ0) is 23.0. The number of amides is 2. The number of thiophene rings is 1. The molecule has 1 saturated carbocycles. The van der Waals surface area contributed by atoms with E-state index in [0.717, 1.165) is 12.8 Å². The van der Waals surface area contributed by atoms with Crippen molar-refractivity contribution in [2.24, 2.45) is 5.73 Å². The van der Waals surface area contributed by atoms with E-state index in [9.17, 15) is 14.0 Å². The van der Waals surface area contributed by atoms with Crippen LogP contribution in [0.25, 0.3) is 10.2 Å². The second kappa shape index (κ2) is 8.70. The molecule has 10 heteroatoms. The van der Waals surface area contributed by atoms with Crippen LogP contribution in [0, 0.1) is 12.7 Å². The molecule has 8 nitrogen and oxygen atoms in total. The fourth-order valence-electron chi connectivity index (χ4n) is 4.04. The average Bonchev–Trinajstić information content (AvgIpc) is 3.34. The first-order chi connectivity index (χ1) is 15.2. The average molecular weight is 458 g/mol. The zero-order valence-electron chi connectivity index (χ0n) is 18.0. The van der Waals surface area contributed by atoms with E-state index >= 15 is 0 Å². The van der Waals surface area contributed by atoms with Crippen molar-refractivity contribution >= 4 is 44.9 Å². The number of nitrogens with one attached hydrogen (secondary N) is 1. The molecular formula is C22H24FN5O3S. The van der Waals surface area contributed by atoms with Crippen LogP contribution in [0.4, 0.5) is 15.9 Å². The summed E-state index contributed by atoms with van der Waals surface area (Å²) in [6.07, 6.45) is 3.53. The highest BCUT2D eigenvalue weighted by Gasteiger charge is 2.30. The van der Waals surface area contributed by atoms with E-state index in [1.807, 2.05) is 0 Å². The highest BCUT2D eigenvalue weighted by Crippen LogP contribution is 2.37. The van der Waals surface area contributed by atoms with Gasteiger partial charge in [0.25, 0.3) is 5.91 Å². The molecule has 1 aromatic carbocycles. The summed E-state index contributed by atoms with van der Waals surface area (Å²) >= 11 is 1.21. The second-order valence-corrected chi connectivity index (χ2v) is 8.92. The first-order valence-electron chi connectivity index (χ1n) is 10.2. The van der Waals surface area contributed by atoms with Gasteiger partial charge in [-0.25, -0.2) is 14.4 Å². The number of carbonyl (C=O) groups is 2. The Balaban J connectivity index is 1.61. The number of fused-ring (bicyclic) bond motifs is 1. The lowest BCUT2D eigenvalue weighted by Gasteiger charge is -2.23. The normalized spacial score (nSPS) is 18.0. The van der Waals surface area contributed by atoms with E-state index in [2.05, 4.69) is 15.3 Å². The summed E-state index contributed by atoms with van der Waals surface area (Å²) in [5, 5.41) is 3.89. The lowest BCUT2D eigenvalue weighted by molar-refractivity contribution is -0.129. The maximum Gasteiger partial charge on any atom is 0.259 e. The van der Waals surface area contributed by atoms with E-state index in [0.29, 0.717) is 44.3 Å². The fourth-order valence-corrected chi connectivity index (χ4v) is 5.04. The van der Waals surface area contributed by atoms with Crippen molar-refractivity contribution in [3.05, 3.63) is 40.8 Å². The Morgan fingerprint density at radius 1 is 1.31 bits per heavy atom. The Morgan fingerprint density at radius 3 is 2.81 bits per heavy atom. The van der Waals surface area contributed by atoms with Gasteiger partial charge in [-0.05, 0) is 37.5 Å². The number of rotatable bonds is 6. The fraction of sp³-hybridized carbons (Fsp3) is 0.364. The molecule has 2 unspecified atom stereocenters. The molecule has 168 valence electrons. The highest BCUT2D eigenvalue weighted by molar-refractivity contribution is 7.20. The summed E-state index contributed by atoms with van der Waals surface area (Å²) in [7, 11) is 1.79. The number of aryl methyl sites for hydroxylation is 1. The summed E-state index contributed by atoms with van der Waals surface area (Å²) in [6, 6.07) is 4.36. The van der Waals surface area contributed by atoms with E-state index in [1.165, 1.54) is 29.8 Å². The number of halogens is 1. The van der Waals surface area contributed by atoms with Crippen LogP contribution in [-0.2, 0) is 4.79 Å². The van der Waals surface area contributed by atoms with Gasteiger partial charge in [0.2, 0.25) is 5.91 Å². The number of hydrogen-bond acceptors (Lipinski definition) is 7. The molecule has 0 spiro atoms. The molecule has 1 aliphatic carbocycles. The van der Waals surface area contributed by atoms with Crippen molar-refractivity contribution in [2.75, 3.05) is 12.4 Å². The predicted octanol–water partition coefficient (Wildman–Crippen LogP) is 3.76. The van der Waals surface area contributed by atoms with Gasteiger partial charge in [0.1, 0.15) is 34.6 Å². The predicted molar refractivity (Wildman–Crippen MR) is 121 cm³/mol. The van der Waals surface area contributed by atoms with E-state index in [-0.39, 0.29) is 18.1 Å². The smallest absolute Gasteiger partial charge is 0.259 e. The molecule has 1 fully saturated rings. The largest absolute Gasteiger partial charge is 0.488 e. The maximum atomic E-state index is 14.0. The van der Waals surface area contributed by atoms with Crippen molar-refractivity contribution < 1.29 is 18.7 Å². The SMILES string of the molecule is CC(=O)N(C)C1CCC(Oc2cc(F)ccc2Nc2ncnc3sc(C(N)=O)c(C)c23)C1. The standard InChI is InChI=1S/C22H24FN5O3S/c1-11-18-21(25-10-26-22(18)32-19(11)20(24)30)27-16-7-4-13(23)8-17(16)31-15-6-5-14(9-15)28(3)12(2)29/h4,7-8,10,14-15H,5-6,9H2,1-3H3,(H2,24,30)(H,25,26,27). The minimum atomic E-state index is -0.520. The molecule has 2 atom stereocenters. The Labute approximate surface area is 188 Å². The van der Waals surface area contributed by atoms with E-state index < -0.39 is 11.7 Å². The van der Waals surface area contributed by atoms with Gasteiger partial charge >= 0.3 is 0 Å². The molecule has 0 saturated heterocycles. The molecule has 32 heavy (non-hydrogen) atoms. The number of hydrogen-bond donors (Lipinski definition) is 2. The van der Waals surface area contributed by atoms with E-state index in [4.69, 9.17) is 10.5 Å². The van der Waals surface area contributed by atoms with Gasteiger partial charge in [0.05, 0.1) is 16.0 Å². The van der Waals surface area contributed by atoms with Gasteiger partial charge in [-0.1, -0.05) is 0 Å². The summed E-state index contributed by atoms with van der Waals surface area (Å²) in [4.78, 5) is 34.7. The number of primary amides is 1. The van der Waals surface area contributed by atoms with Gasteiger partial charge < -0.3 is 20.7 Å². The molecule has 4 rings (SSSR count). The zero-order valence-corrected chi connectivity index (χ0v) is 18.8. The summed E-state index contributed by atoms with van der Waals surface area (Å²) in [6.45, 7) is 3.33. The summed E-state index contributed by atoms with van der Waals surface area (Å²) in [5.41, 5.74) is 6.71. The second-order valence-electron chi connectivity index (χ2n) is 7.93. The minimum absolute atomic E-state index is 0.0120. The van der Waals surface area contributed by atoms with Crippen molar-refractivity contribution in [1.29, 1.82) is 0 Å². The lowest BCUT2D eigenvalue weighted by atomic mass is 10.2. The molecule has 3 N–H and O–H groups in total. The van der Waals surface area contributed by atoms with Crippen LogP contribution in [0.2, 0.25) is 0 Å². The van der Waals surface area contributed by atoms with Gasteiger partial charge in [-0.3, -0.25) is 9.59 Å². The number of ether oxygens (including phenoxy) is 1. The van der Waals surface area contributed by atoms with Crippen LogP contribution in [0.5, 0.6) is 5.75 Å². The Hall–Kier alpha value is -3.27. The van der Waals surface area contributed by atoms with Crippen molar-refractivity contribution in [2.45, 2.75) is 45.3 Å². The van der Waals surface area contributed by atoms with Crippen LogP contribution in [-0.4, -0.2) is 45.9 Å². The first kappa shape index (κ1) is 21.9. The van der Waals surface area contributed by atoms with Gasteiger partial charge in [0.15, 0.2) is 0 Å². The van der Waals surface area contributed by atoms with Crippen molar-refractivity contribution in [3.8, 4) is 5.75 Å². The quantitative estimate of drug-likeness (QED) is 0.583. The molecule has 3 aromatic rings. The Morgan fingerprint density at radius 2 is 2.09 bits per heavy atom. The number of carbonyl (C=O) groups excluding carboxylic acids is 2. The van der Waals surface area contributed by atoms with Crippen molar-refractivity contribution in [1.82, 2.24) is 14.9 Å². The van der Waals surface area contributed by atoms with Crippen LogP contribution in [0.15, 0.2) is 24.5 Å². The Kier molecular flexibility index (Phi) is 5.96. The van der Waals surface area contributed by atoms with Gasteiger partial charge in [0, 0.05) is 32.5 Å². The summed E-state index contributed by atoms with van der Waals surface area (Å²) < 4.78 is 20.2. The third-order valence-electron chi connectivity index (χ3n) is 5.84. The number of benzene rings is 1. The van der Waals surface area contributed by atoms with Crippen LogP contribution in [0.3, 0.4) is 0 Å². The Bertz CT molecular complexity index is 1200. The molecule has 0 radical (unpaired) electrons. The highest BCUT2D eigenvalue weighted by atomic mass is 32.1. The third-order valence-corrected chi connectivity index (χ3v) is 7.06. The van der Waals surface area contributed by atoms with Crippen LogP contribution in [0.1, 0.15) is 41.4 Å². The topological polar surface area (TPSA) is 110 Å². The molecule has 2 aromatic heterocycles. The third kappa shape index (κ3) is 4.22. The number of anilines is 2. The number of nitrogens with zero attached hydrogens (tertiary/aromatic N) is 3. The molecule has 2 heterocycles. The van der Waals surface area contributed by atoms with Crippen molar-refractivity contribution in [3.63, 3.8) is 0 Å². The summed E-state index contributed by atoms with van der Waals surface area (Å²) in [5.74, 6) is -0.0905. The van der Waals surface area contributed by atoms with E-state index in [1.54, 1.807) is 31.9 Å². The molecule has 2 amide bonds. The first-order valence-corrected chi connectivity index (χ1v) is 11.1. The van der Waals surface area contributed by atoms with Gasteiger partial charge in [-0.15, -0.1) is 11.3 Å². The molecule has 0 aliphatic heterocycles. The minimum Gasteiger partial charge on any atom is -0.488 e. The lowest BCUT2D eigenvalue weighted by Crippen LogP contribution is -2.34. The molecule has 1 aliphatic rings. The number of aromatic nitrogens is 2. The monoisotopic (exact) mass is 457 g/mol. The number of nitrogens with two attached hydrogens (primary N) is 1. The maximum absolute atomic E-state index is 14.0. The van der Waals surface area contributed by atoms with Crippen LogP contribution >= 0.6 is 11.3 Å². The van der Waals surface area contributed by atoms with Crippen LogP contribution < -0.4 is 15.8 Å². The van der Waals surface area contributed by atoms with Gasteiger partial charge in [-0.2, -0.15) is 0 Å².